The third-order valence-electron chi connectivity index (χ3n) is 3.05. The fourth-order valence-corrected chi connectivity index (χ4v) is 2.34. The molecule has 110 valence electrons. The average Bonchev–Trinajstić information content (AvgIpc) is 2.39. The number of hydrogen-bond acceptors (Lipinski definition) is 2. The molecule has 0 aliphatic heterocycles. The zero-order valence-electron chi connectivity index (χ0n) is 12.1. The number of rotatable bonds is 6. The van der Waals surface area contributed by atoms with Crippen LogP contribution in [0.1, 0.15) is 32.3 Å². The molecule has 0 saturated heterocycles. The van der Waals surface area contributed by atoms with Crippen molar-refractivity contribution >= 4 is 33.4 Å². The second kappa shape index (κ2) is 8.04. The topological polar surface area (TPSA) is 58.2 Å². The highest BCUT2D eigenvalue weighted by Crippen LogP contribution is 2.19. The van der Waals surface area contributed by atoms with Gasteiger partial charge in [0.15, 0.2) is 0 Å². The van der Waals surface area contributed by atoms with E-state index in [4.69, 9.17) is 0 Å². The highest BCUT2D eigenvalue weighted by atomic mass is 79.9. The van der Waals surface area contributed by atoms with Gasteiger partial charge in [-0.15, -0.1) is 0 Å². The van der Waals surface area contributed by atoms with Gasteiger partial charge in [-0.05, 0) is 37.1 Å². The number of nitrogens with one attached hydrogen (secondary N) is 2. The van der Waals surface area contributed by atoms with Crippen LogP contribution in [-0.4, -0.2) is 18.4 Å². The third-order valence-corrected chi connectivity index (χ3v) is 3.55. The zero-order valence-corrected chi connectivity index (χ0v) is 13.7. The zero-order chi connectivity index (χ0) is 15.1. The van der Waals surface area contributed by atoms with Gasteiger partial charge in [0.2, 0.25) is 11.8 Å². The minimum Gasteiger partial charge on any atom is -0.347 e. The SMILES string of the molecule is CCCC(C)C(=O)NCC(=O)Nc1ccc(Br)cc1C. The van der Waals surface area contributed by atoms with E-state index >= 15 is 0 Å². The van der Waals surface area contributed by atoms with E-state index in [1.54, 1.807) is 0 Å². The molecular weight excluding hydrogens is 320 g/mol. The minimum absolute atomic E-state index is 0.00237. The molecule has 0 aromatic heterocycles. The molecule has 1 aromatic carbocycles. The van der Waals surface area contributed by atoms with Crippen molar-refractivity contribution in [2.45, 2.75) is 33.6 Å². The molecule has 5 heteroatoms. The molecule has 0 heterocycles. The number of carbonyl (C=O) groups excluding carboxylic acids is 2. The van der Waals surface area contributed by atoms with Gasteiger partial charge in [0.05, 0.1) is 6.54 Å². The van der Waals surface area contributed by atoms with Crippen molar-refractivity contribution in [1.29, 1.82) is 0 Å². The van der Waals surface area contributed by atoms with E-state index in [2.05, 4.69) is 26.6 Å². The Labute approximate surface area is 128 Å². The van der Waals surface area contributed by atoms with Gasteiger partial charge in [-0.25, -0.2) is 0 Å². The summed E-state index contributed by atoms with van der Waals surface area (Å²) in [6.45, 7) is 5.83. The van der Waals surface area contributed by atoms with Crippen molar-refractivity contribution in [1.82, 2.24) is 5.32 Å². The molecule has 2 N–H and O–H groups in total. The van der Waals surface area contributed by atoms with E-state index in [1.807, 2.05) is 39.0 Å². The summed E-state index contributed by atoms with van der Waals surface area (Å²) in [5.74, 6) is -0.343. The fourth-order valence-electron chi connectivity index (χ4n) is 1.87. The van der Waals surface area contributed by atoms with Gasteiger partial charge >= 0.3 is 0 Å². The maximum atomic E-state index is 11.8. The summed E-state index contributed by atoms with van der Waals surface area (Å²) in [6, 6.07) is 5.63. The highest BCUT2D eigenvalue weighted by molar-refractivity contribution is 9.10. The van der Waals surface area contributed by atoms with Crippen molar-refractivity contribution in [2.75, 3.05) is 11.9 Å². The number of carbonyl (C=O) groups is 2. The molecule has 1 unspecified atom stereocenters. The van der Waals surface area contributed by atoms with Crippen molar-refractivity contribution in [2.24, 2.45) is 5.92 Å². The van der Waals surface area contributed by atoms with E-state index < -0.39 is 0 Å². The summed E-state index contributed by atoms with van der Waals surface area (Å²) in [5.41, 5.74) is 1.73. The van der Waals surface area contributed by atoms with E-state index in [-0.39, 0.29) is 24.3 Å². The van der Waals surface area contributed by atoms with Crippen LogP contribution in [0, 0.1) is 12.8 Å². The lowest BCUT2D eigenvalue weighted by Gasteiger charge is -2.12. The monoisotopic (exact) mass is 340 g/mol. The maximum absolute atomic E-state index is 11.8. The van der Waals surface area contributed by atoms with E-state index in [0.29, 0.717) is 0 Å². The van der Waals surface area contributed by atoms with Gasteiger partial charge in [-0.2, -0.15) is 0 Å². The molecule has 0 spiro atoms. The van der Waals surface area contributed by atoms with Crippen LogP contribution in [0.5, 0.6) is 0 Å². The summed E-state index contributed by atoms with van der Waals surface area (Å²) in [7, 11) is 0. The highest BCUT2D eigenvalue weighted by Gasteiger charge is 2.13. The number of aryl methyl sites for hydroxylation is 1. The molecule has 0 saturated carbocycles. The Hall–Kier alpha value is -1.36. The first-order valence-corrected chi connectivity index (χ1v) is 7.57. The number of halogens is 1. The predicted octanol–water partition coefficient (Wildman–Crippen LogP) is 3.25. The Bertz CT molecular complexity index is 489. The summed E-state index contributed by atoms with van der Waals surface area (Å²) >= 11 is 3.37. The Kier molecular flexibility index (Phi) is 6.71. The van der Waals surface area contributed by atoms with Crippen molar-refractivity contribution in [3.8, 4) is 0 Å². The first-order chi connectivity index (χ1) is 9.43. The lowest BCUT2D eigenvalue weighted by Crippen LogP contribution is -2.36. The molecule has 0 fully saturated rings. The van der Waals surface area contributed by atoms with Crippen LogP contribution in [-0.2, 0) is 9.59 Å². The lowest BCUT2D eigenvalue weighted by atomic mass is 10.1. The maximum Gasteiger partial charge on any atom is 0.243 e. The van der Waals surface area contributed by atoms with Crippen molar-refractivity contribution < 1.29 is 9.59 Å². The smallest absolute Gasteiger partial charge is 0.243 e. The molecule has 0 aliphatic rings. The Morgan fingerprint density at radius 3 is 2.65 bits per heavy atom. The average molecular weight is 341 g/mol. The Morgan fingerprint density at radius 2 is 2.05 bits per heavy atom. The standard InChI is InChI=1S/C15H21BrN2O2/c1-4-5-10(2)15(20)17-9-14(19)18-13-7-6-12(16)8-11(13)3/h6-8,10H,4-5,9H2,1-3H3,(H,17,20)(H,18,19). The first-order valence-electron chi connectivity index (χ1n) is 6.77. The molecule has 20 heavy (non-hydrogen) atoms. The number of amides is 2. The summed E-state index contributed by atoms with van der Waals surface area (Å²) < 4.78 is 0.967. The van der Waals surface area contributed by atoms with Gasteiger partial charge in [-0.1, -0.05) is 36.2 Å². The molecule has 1 atom stereocenters. The van der Waals surface area contributed by atoms with Crippen LogP contribution >= 0.6 is 15.9 Å². The van der Waals surface area contributed by atoms with Gasteiger partial charge in [0.1, 0.15) is 0 Å². The van der Waals surface area contributed by atoms with Crippen LogP contribution in [0.3, 0.4) is 0 Å². The van der Waals surface area contributed by atoms with Crippen molar-refractivity contribution in [3.63, 3.8) is 0 Å². The Balaban J connectivity index is 2.46. The second-order valence-electron chi connectivity index (χ2n) is 4.91. The lowest BCUT2D eigenvalue weighted by molar-refractivity contribution is -0.127. The van der Waals surface area contributed by atoms with Crippen molar-refractivity contribution in [3.05, 3.63) is 28.2 Å². The van der Waals surface area contributed by atoms with Gasteiger partial charge in [0, 0.05) is 16.1 Å². The number of hydrogen-bond donors (Lipinski definition) is 2. The van der Waals surface area contributed by atoms with Gasteiger partial charge in [-0.3, -0.25) is 9.59 Å². The predicted molar refractivity (Wildman–Crippen MR) is 84.6 cm³/mol. The molecule has 2 amide bonds. The number of benzene rings is 1. The first kappa shape index (κ1) is 16.7. The summed E-state index contributed by atoms with van der Waals surface area (Å²) in [4.78, 5) is 23.5. The summed E-state index contributed by atoms with van der Waals surface area (Å²) in [6.07, 6.45) is 1.79. The minimum atomic E-state index is -0.215. The van der Waals surface area contributed by atoms with Crippen LogP contribution in [0.25, 0.3) is 0 Å². The molecule has 0 aliphatic carbocycles. The fraction of sp³-hybridized carbons (Fsp3) is 0.467. The van der Waals surface area contributed by atoms with E-state index in [1.165, 1.54) is 0 Å². The number of anilines is 1. The van der Waals surface area contributed by atoms with Crippen LogP contribution in [0.4, 0.5) is 5.69 Å². The molecule has 1 rings (SSSR count). The summed E-state index contributed by atoms with van der Waals surface area (Å²) in [5, 5.41) is 5.45. The third kappa shape index (κ3) is 5.33. The molecular formula is C15H21BrN2O2. The normalized spacial score (nSPS) is 11.8. The van der Waals surface area contributed by atoms with E-state index in [9.17, 15) is 9.59 Å². The van der Waals surface area contributed by atoms with Crippen LogP contribution < -0.4 is 10.6 Å². The van der Waals surface area contributed by atoms with Gasteiger partial charge < -0.3 is 10.6 Å². The molecule has 0 bridgehead atoms. The van der Waals surface area contributed by atoms with E-state index in [0.717, 1.165) is 28.6 Å². The van der Waals surface area contributed by atoms with Crippen LogP contribution in [0.15, 0.2) is 22.7 Å². The molecule has 4 nitrogen and oxygen atoms in total. The largest absolute Gasteiger partial charge is 0.347 e. The van der Waals surface area contributed by atoms with Gasteiger partial charge in [0.25, 0.3) is 0 Å². The van der Waals surface area contributed by atoms with Crippen LogP contribution in [0.2, 0.25) is 0 Å². The second-order valence-corrected chi connectivity index (χ2v) is 5.83. The molecule has 1 aromatic rings. The molecule has 0 radical (unpaired) electrons. The Morgan fingerprint density at radius 1 is 1.35 bits per heavy atom. The quantitative estimate of drug-likeness (QED) is 0.834.